The van der Waals surface area contributed by atoms with Crippen molar-refractivity contribution in [2.75, 3.05) is 32.7 Å². The molecule has 6 heteroatoms. The highest BCUT2D eigenvalue weighted by molar-refractivity contribution is 4.92. The Morgan fingerprint density at radius 2 is 2.19 bits per heavy atom. The normalized spacial score (nSPS) is 23.9. The molecular formula is C15H28N6. The SMILES string of the molecule is CC(C)NCc1cn(CCN2CCN3CCCC3C2)nn1. The summed E-state index contributed by atoms with van der Waals surface area (Å²) in [5, 5.41) is 11.8. The lowest BCUT2D eigenvalue weighted by Crippen LogP contribution is -2.50. The van der Waals surface area contributed by atoms with Gasteiger partial charge in [-0.2, -0.15) is 0 Å². The number of nitrogens with one attached hydrogen (secondary N) is 1. The quantitative estimate of drug-likeness (QED) is 0.830. The van der Waals surface area contributed by atoms with Crippen molar-refractivity contribution in [3.05, 3.63) is 11.9 Å². The maximum absolute atomic E-state index is 4.23. The average molecular weight is 292 g/mol. The molecule has 1 aromatic heterocycles. The minimum atomic E-state index is 0.484. The first-order chi connectivity index (χ1) is 10.2. The van der Waals surface area contributed by atoms with Crippen LogP contribution in [-0.2, 0) is 13.1 Å². The highest BCUT2D eigenvalue weighted by atomic mass is 15.4. The zero-order valence-electron chi connectivity index (χ0n) is 13.3. The number of hydrogen-bond donors (Lipinski definition) is 1. The first-order valence-electron chi connectivity index (χ1n) is 8.29. The van der Waals surface area contributed by atoms with Crippen LogP contribution in [0.2, 0.25) is 0 Å². The van der Waals surface area contributed by atoms with E-state index in [-0.39, 0.29) is 0 Å². The Kier molecular flexibility index (Phi) is 4.87. The first-order valence-corrected chi connectivity index (χ1v) is 8.29. The predicted molar refractivity (Wildman–Crippen MR) is 83.0 cm³/mol. The van der Waals surface area contributed by atoms with Crippen LogP contribution in [0.4, 0.5) is 0 Å². The zero-order valence-corrected chi connectivity index (χ0v) is 13.3. The van der Waals surface area contributed by atoms with E-state index in [2.05, 4.69) is 45.5 Å². The third kappa shape index (κ3) is 4.02. The van der Waals surface area contributed by atoms with Gasteiger partial charge in [-0.1, -0.05) is 19.1 Å². The Hall–Kier alpha value is -0.980. The van der Waals surface area contributed by atoms with E-state index in [9.17, 15) is 0 Å². The Morgan fingerprint density at radius 1 is 1.29 bits per heavy atom. The fourth-order valence-electron chi connectivity index (χ4n) is 3.34. The molecule has 6 nitrogen and oxygen atoms in total. The van der Waals surface area contributed by atoms with E-state index in [1.54, 1.807) is 0 Å². The van der Waals surface area contributed by atoms with Crippen LogP contribution in [0.5, 0.6) is 0 Å². The Bertz CT molecular complexity index is 443. The molecule has 2 saturated heterocycles. The van der Waals surface area contributed by atoms with Crippen LogP contribution in [0.1, 0.15) is 32.4 Å². The summed E-state index contributed by atoms with van der Waals surface area (Å²) >= 11 is 0. The van der Waals surface area contributed by atoms with Crippen LogP contribution in [-0.4, -0.2) is 69.6 Å². The van der Waals surface area contributed by atoms with E-state index in [0.717, 1.165) is 31.4 Å². The third-order valence-corrected chi connectivity index (χ3v) is 4.59. The van der Waals surface area contributed by atoms with E-state index in [0.29, 0.717) is 6.04 Å². The monoisotopic (exact) mass is 292 g/mol. The van der Waals surface area contributed by atoms with E-state index in [4.69, 9.17) is 0 Å². The number of aromatic nitrogens is 3. The minimum absolute atomic E-state index is 0.484. The Balaban J connectivity index is 1.42. The molecule has 21 heavy (non-hydrogen) atoms. The molecular weight excluding hydrogens is 264 g/mol. The molecule has 0 spiro atoms. The number of piperazine rings is 1. The molecule has 2 aliphatic rings. The molecule has 3 rings (SSSR count). The predicted octanol–water partition coefficient (Wildman–Crippen LogP) is 0.556. The average Bonchev–Trinajstić information content (AvgIpc) is 3.11. The topological polar surface area (TPSA) is 49.2 Å². The molecule has 1 atom stereocenters. The van der Waals surface area contributed by atoms with Crippen molar-refractivity contribution in [2.45, 2.75) is 51.9 Å². The summed E-state index contributed by atoms with van der Waals surface area (Å²) in [6.45, 7) is 12.1. The van der Waals surface area contributed by atoms with Crippen LogP contribution in [0.15, 0.2) is 6.20 Å². The van der Waals surface area contributed by atoms with E-state index >= 15 is 0 Å². The van der Waals surface area contributed by atoms with E-state index < -0.39 is 0 Å². The van der Waals surface area contributed by atoms with Crippen molar-refractivity contribution >= 4 is 0 Å². The van der Waals surface area contributed by atoms with Crippen molar-refractivity contribution in [1.82, 2.24) is 30.1 Å². The number of fused-ring (bicyclic) bond motifs is 1. The van der Waals surface area contributed by atoms with Crippen LogP contribution >= 0.6 is 0 Å². The van der Waals surface area contributed by atoms with Gasteiger partial charge < -0.3 is 5.32 Å². The van der Waals surface area contributed by atoms with Crippen molar-refractivity contribution in [1.29, 1.82) is 0 Å². The van der Waals surface area contributed by atoms with Gasteiger partial charge in [-0.3, -0.25) is 14.5 Å². The van der Waals surface area contributed by atoms with Crippen LogP contribution in [0.3, 0.4) is 0 Å². The van der Waals surface area contributed by atoms with Crippen LogP contribution in [0, 0.1) is 0 Å². The molecule has 0 radical (unpaired) electrons. The summed E-state index contributed by atoms with van der Waals surface area (Å²) < 4.78 is 1.98. The summed E-state index contributed by atoms with van der Waals surface area (Å²) in [6, 6.07) is 1.29. The number of nitrogens with zero attached hydrogens (tertiary/aromatic N) is 5. The second kappa shape index (κ2) is 6.85. The van der Waals surface area contributed by atoms with Crippen LogP contribution in [0.25, 0.3) is 0 Å². The van der Waals surface area contributed by atoms with Gasteiger partial charge in [0, 0.05) is 51.0 Å². The molecule has 1 aromatic rings. The van der Waals surface area contributed by atoms with Gasteiger partial charge in [0.25, 0.3) is 0 Å². The fraction of sp³-hybridized carbons (Fsp3) is 0.867. The largest absolute Gasteiger partial charge is 0.309 e. The van der Waals surface area contributed by atoms with Gasteiger partial charge in [-0.15, -0.1) is 5.10 Å². The third-order valence-electron chi connectivity index (χ3n) is 4.59. The molecule has 0 aliphatic carbocycles. The van der Waals surface area contributed by atoms with Gasteiger partial charge in [-0.25, -0.2) is 0 Å². The molecule has 0 bridgehead atoms. The molecule has 2 aliphatic heterocycles. The Morgan fingerprint density at radius 3 is 3.05 bits per heavy atom. The smallest absolute Gasteiger partial charge is 0.0964 e. The van der Waals surface area contributed by atoms with Gasteiger partial charge >= 0.3 is 0 Å². The van der Waals surface area contributed by atoms with Gasteiger partial charge in [0.15, 0.2) is 0 Å². The van der Waals surface area contributed by atoms with E-state index in [1.807, 2.05) is 4.68 Å². The highest BCUT2D eigenvalue weighted by Gasteiger charge is 2.30. The molecule has 0 amide bonds. The maximum Gasteiger partial charge on any atom is 0.0964 e. The summed E-state index contributed by atoms with van der Waals surface area (Å²) in [5.41, 5.74) is 1.03. The molecule has 1 unspecified atom stereocenters. The molecule has 0 saturated carbocycles. The molecule has 3 heterocycles. The van der Waals surface area contributed by atoms with Gasteiger partial charge in [0.2, 0.25) is 0 Å². The summed E-state index contributed by atoms with van der Waals surface area (Å²) in [6.07, 6.45) is 4.83. The lowest BCUT2D eigenvalue weighted by Gasteiger charge is -2.37. The van der Waals surface area contributed by atoms with Crippen molar-refractivity contribution in [2.24, 2.45) is 0 Å². The summed E-state index contributed by atoms with van der Waals surface area (Å²) in [7, 11) is 0. The summed E-state index contributed by atoms with van der Waals surface area (Å²) in [4.78, 5) is 5.24. The van der Waals surface area contributed by atoms with Crippen molar-refractivity contribution < 1.29 is 0 Å². The Labute approximate surface area is 127 Å². The number of hydrogen-bond acceptors (Lipinski definition) is 5. The highest BCUT2D eigenvalue weighted by Crippen LogP contribution is 2.21. The minimum Gasteiger partial charge on any atom is -0.309 e. The number of rotatable bonds is 6. The molecule has 2 fully saturated rings. The maximum atomic E-state index is 4.23. The molecule has 1 N–H and O–H groups in total. The van der Waals surface area contributed by atoms with E-state index in [1.165, 1.54) is 39.0 Å². The van der Waals surface area contributed by atoms with Gasteiger partial charge in [0.1, 0.15) is 0 Å². The van der Waals surface area contributed by atoms with Gasteiger partial charge in [0.05, 0.1) is 12.2 Å². The fourth-order valence-corrected chi connectivity index (χ4v) is 3.34. The lowest BCUT2D eigenvalue weighted by atomic mass is 10.1. The molecule has 0 aromatic carbocycles. The van der Waals surface area contributed by atoms with Crippen molar-refractivity contribution in [3.63, 3.8) is 0 Å². The second-order valence-electron chi connectivity index (χ2n) is 6.64. The van der Waals surface area contributed by atoms with Crippen molar-refractivity contribution in [3.8, 4) is 0 Å². The zero-order chi connectivity index (χ0) is 14.7. The standard InChI is InChI=1S/C15H28N6/c1-13(2)16-10-14-11-21(18-17-14)9-7-19-6-8-20-5-3-4-15(20)12-19/h11,13,15-16H,3-10,12H2,1-2H3. The molecule has 118 valence electrons. The van der Waals surface area contributed by atoms with Gasteiger partial charge in [-0.05, 0) is 19.4 Å². The summed E-state index contributed by atoms with van der Waals surface area (Å²) in [5.74, 6) is 0. The second-order valence-corrected chi connectivity index (χ2v) is 6.64. The van der Waals surface area contributed by atoms with Crippen LogP contribution < -0.4 is 5.32 Å². The first kappa shape index (κ1) is 14.9. The lowest BCUT2D eigenvalue weighted by molar-refractivity contribution is 0.101.